The molecule has 1 aromatic rings. The number of nitrogens with one attached hydrogen (secondary N) is 7. The molecular weight excluding hydrogens is 692 g/mol. The number of amides is 7. The van der Waals surface area contributed by atoms with Crippen LogP contribution in [0.4, 0.5) is 0 Å². The third-order valence-electron chi connectivity index (χ3n) is 8.69. The van der Waals surface area contributed by atoms with Gasteiger partial charge >= 0.3 is 5.97 Å². The van der Waals surface area contributed by atoms with Crippen LogP contribution in [0.15, 0.2) is 24.3 Å². The Morgan fingerprint density at radius 3 is 2.04 bits per heavy atom. The molecule has 0 aromatic heterocycles. The first-order valence-electron chi connectivity index (χ1n) is 17.8. The Morgan fingerprint density at radius 1 is 0.830 bits per heavy atom. The summed E-state index contributed by atoms with van der Waals surface area (Å²) < 4.78 is 0. The lowest BCUT2D eigenvalue weighted by Gasteiger charge is -2.29. The Bertz CT molecular complexity index is 1450. The monoisotopic (exact) mass is 746 g/mol. The predicted octanol–water partition coefficient (Wildman–Crippen LogP) is -1.70. The first-order valence-corrected chi connectivity index (χ1v) is 17.8. The quantitative estimate of drug-likeness (QED) is 0.0638. The van der Waals surface area contributed by atoms with Gasteiger partial charge in [-0.2, -0.15) is 0 Å². The molecular formula is C35H54N8O10. The van der Waals surface area contributed by atoms with Crippen molar-refractivity contribution in [1.29, 1.82) is 0 Å². The van der Waals surface area contributed by atoms with Gasteiger partial charge in [-0.1, -0.05) is 46.2 Å². The van der Waals surface area contributed by atoms with Crippen LogP contribution in [0.2, 0.25) is 0 Å². The topological polar surface area (TPSA) is 287 Å². The zero-order valence-electron chi connectivity index (χ0n) is 30.7. The highest BCUT2D eigenvalue weighted by Gasteiger charge is 2.35. The molecule has 18 heteroatoms. The molecule has 0 aliphatic carbocycles. The molecule has 0 unspecified atom stereocenters. The third-order valence-corrected chi connectivity index (χ3v) is 8.69. The fraction of sp³-hybridized carbons (Fsp3) is 0.600. The first-order chi connectivity index (χ1) is 25.0. The summed E-state index contributed by atoms with van der Waals surface area (Å²) in [6.07, 6.45) is 1.52. The van der Waals surface area contributed by atoms with E-state index in [-0.39, 0.29) is 37.4 Å². The lowest BCUT2D eigenvalue weighted by atomic mass is 9.96. The smallest absolute Gasteiger partial charge is 0.322 e. The van der Waals surface area contributed by atoms with E-state index in [2.05, 4.69) is 37.2 Å². The van der Waals surface area contributed by atoms with Gasteiger partial charge in [-0.25, -0.2) is 0 Å². The van der Waals surface area contributed by atoms with Crippen LogP contribution in [0.3, 0.4) is 0 Å². The summed E-state index contributed by atoms with van der Waals surface area (Å²) in [6, 6.07) is 0.569. The number of phenols is 1. The Labute approximate surface area is 308 Å². The minimum atomic E-state index is -1.30. The highest BCUT2D eigenvalue weighted by Crippen LogP contribution is 2.15. The number of benzene rings is 1. The van der Waals surface area contributed by atoms with Crippen molar-refractivity contribution in [3.63, 3.8) is 0 Å². The molecule has 0 bridgehead atoms. The van der Waals surface area contributed by atoms with Crippen molar-refractivity contribution in [2.75, 3.05) is 19.6 Å². The first kappa shape index (κ1) is 43.9. The van der Waals surface area contributed by atoms with Crippen molar-refractivity contribution in [1.82, 2.24) is 37.2 Å². The molecule has 18 nitrogen and oxygen atoms in total. The number of primary amides is 1. The zero-order valence-corrected chi connectivity index (χ0v) is 30.7. The molecule has 6 atom stereocenters. The van der Waals surface area contributed by atoms with E-state index < -0.39 is 96.5 Å². The Balaban J connectivity index is 2.32. The van der Waals surface area contributed by atoms with E-state index in [9.17, 15) is 43.5 Å². The molecule has 2 rings (SSSR count). The van der Waals surface area contributed by atoms with Crippen LogP contribution in [-0.4, -0.2) is 107 Å². The van der Waals surface area contributed by atoms with Crippen LogP contribution in [0.1, 0.15) is 71.8 Å². The minimum Gasteiger partial charge on any atom is -0.508 e. The summed E-state index contributed by atoms with van der Waals surface area (Å²) >= 11 is 0. The SMILES string of the molecule is CC[C@H](C)[C@H](NC(=O)[C@H](CCC(N)=O)NC(=O)[C@@H]1CCCN1)C(=O)N[C@@H](Cc1ccc(O)cc1)C(=O)N[C@@H](CC(C)C)C(=O)NCC(=O)NCC(=O)O. The number of rotatable bonds is 22. The number of carbonyl (C=O) groups is 8. The average Bonchev–Trinajstić information content (AvgIpc) is 3.65. The molecule has 0 radical (unpaired) electrons. The van der Waals surface area contributed by atoms with Gasteiger partial charge in [0.25, 0.3) is 0 Å². The number of phenolic OH excluding ortho intramolecular Hbond substituents is 1. The van der Waals surface area contributed by atoms with Gasteiger partial charge in [-0.15, -0.1) is 0 Å². The third kappa shape index (κ3) is 15.9. The van der Waals surface area contributed by atoms with Gasteiger partial charge in [0, 0.05) is 12.8 Å². The summed E-state index contributed by atoms with van der Waals surface area (Å²) in [4.78, 5) is 102. The van der Waals surface area contributed by atoms with E-state index in [0.717, 1.165) is 6.42 Å². The van der Waals surface area contributed by atoms with Crippen molar-refractivity contribution in [2.24, 2.45) is 17.6 Å². The number of hydrogen-bond acceptors (Lipinski definition) is 10. The highest BCUT2D eigenvalue weighted by atomic mass is 16.4. The second-order valence-corrected chi connectivity index (χ2v) is 13.6. The fourth-order valence-corrected chi connectivity index (χ4v) is 5.53. The van der Waals surface area contributed by atoms with Gasteiger partial charge < -0.3 is 53.2 Å². The van der Waals surface area contributed by atoms with Crippen LogP contribution in [0.5, 0.6) is 5.75 Å². The number of aromatic hydroxyl groups is 1. The zero-order chi connectivity index (χ0) is 39.7. The Hall–Kier alpha value is -5.26. The summed E-state index contributed by atoms with van der Waals surface area (Å²) in [7, 11) is 0. The van der Waals surface area contributed by atoms with Crippen LogP contribution in [0, 0.1) is 11.8 Å². The van der Waals surface area contributed by atoms with Crippen LogP contribution in [0.25, 0.3) is 0 Å². The standard InChI is InChI=1S/C35H54N8O10/c1-5-20(4)30(43-33(51)24(12-13-27(36)45)40-32(50)23-7-6-14-37-23)35(53)42-26(16-21-8-10-22(44)11-9-21)34(52)41-25(15-19(2)3)31(49)39-17-28(46)38-18-29(47)48/h8-11,19-20,23-26,30,37,44H,5-7,12-18H2,1-4H3,(H2,36,45)(H,38,46)(H,39,49)(H,40,50)(H,41,52)(H,42,53)(H,43,51)(H,47,48)/t20-,23-,24-,25-,26-,30-/m0/s1. The van der Waals surface area contributed by atoms with E-state index in [4.69, 9.17) is 10.8 Å². The lowest BCUT2D eigenvalue weighted by Crippen LogP contribution is -2.60. The number of carbonyl (C=O) groups excluding carboxylic acids is 7. The van der Waals surface area contributed by atoms with Crippen molar-refractivity contribution >= 4 is 47.3 Å². The van der Waals surface area contributed by atoms with E-state index in [1.165, 1.54) is 12.1 Å². The summed E-state index contributed by atoms with van der Waals surface area (Å²) in [6.45, 7) is 6.59. The lowest BCUT2D eigenvalue weighted by molar-refractivity contribution is -0.138. The highest BCUT2D eigenvalue weighted by molar-refractivity contribution is 5.97. The van der Waals surface area contributed by atoms with Crippen molar-refractivity contribution in [2.45, 2.75) is 103 Å². The summed E-state index contributed by atoms with van der Waals surface area (Å²) in [5.41, 5.74) is 5.87. The van der Waals surface area contributed by atoms with Crippen molar-refractivity contribution in [3.05, 3.63) is 29.8 Å². The Morgan fingerprint density at radius 2 is 1.47 bits per heavy atom. The molecule has 0 saturated carbocycles. The maximum atomic E-state index is 14.0. The molecule has 0 spiro atoms. The van der Waals surface area contributed by atoms with E-state index >= 15 is 0 Å². The van der Waals surface area contributed by atoms with Crippen LogP contribution < -0.4 is 43.0 Å². The van der Waals surface area contributed by atoms with Gasteiger partial charge in [0.2, 0.25) is 41.4 Å². The largest absolute Gasteiger partial charge is 0.508 e. The fourth-order valence-electron chi connectivity index (χ4n) is 5.53. The van der Waals surface area contributed by atoms with Gasteiger partial charge in [-0.3, -0.25) is 38.4 Å². The van der Waals surface area contributed by atoms with Crippen LogP contribution in [-0.2, 0) is 44.8 Å². The van der Waals surface area contributed by atoms with E-state index in [0.29, 0.717) is 24.9 Å². The molecule has 1 aliphatic heterocycles. The average molecular weight is 747 g/mol. The number of carboxylic acids is 1. The molecule has 1 aromatic carbocycles. The number of aliphatic carboxylic acids is 1. The number of hydrogen-bond donors (Lipinski definition) is 10. The molecule has 1 heterocycles. The summed E-state index contributed by atoms with van der Waals surface area (Å²) in [5.74, 6) is -6.65. The number of nitrogens with two attached hydrogens (primary N) is 1. The van der Waals surface area contributed by atoms with E-state index in [1.54, 1.807) is 26.0 Å². The predicted molar refractivity (Wildman–Crippen MR) is 192 cm³/mol. The molecule has 7 amide bonds. The van der Waals surface area contributed by atoms with Gasteiger partial charge in [0.15, 0.2) is 0 Å². The van der Waals surface area contributed by atoms with E-state index in [1.807, 2.05) is 13.8 Å². The maximum absolute atomic E-state index is 14.0. The van der Waals surface area contributed by atoms with Gasteiger partial charge in [0.1, 0.15) is 36.5 Å². The minimum absolute atomic E-state index is 0.0268. The molecule has 11 N–H and O–H groups in total. The molecule has 1 aliphatic rings. The molecule has 1 saturated heterocycles. The Kier molecular flexibility index (Phi) is 18.2. The van der Waals surface area contributed by atoms with Gasteiger partial charge in [-0.05, 0) is 61.8 Å². The molecule has 294 valence electrons. The molecule has 1 fully saturated rings. The van der Waals surface area contributed by atoms with Crippen molar-refractivity contribution in [3.8, 4) is 5.75 Å². The maximum Gasteiger partial charge on any atom is 0.322 e. The van der Waals surface area contributed by atoms with Crippen molar-refractivity contribution < 1.29 is 48.6 Å². The second-order valence-electron chi connectivity index (χ2n) is 13.6. The second kappa shape index (κ2) is 22.0. The normalized spacial score (nSPS) is 16.6. The van der Waals surface area contributed by atoms with Crippen LogP contribution >= 0.6 is 0 Å². The number of carboxylic acid groups (broad SMARTS) is 1. The summed E-state index contributed by atoms with van der Waals surface area (Å²) in [5, 5.41) is 36.8. The van der Waals surface area contributed by atoms with Gasteiger partial charge in [0.05, 0.1) is 12.6 Å². The molecule has 53 heavy (non-hydrogen) atoms.